The van der Waals surface area contributed by atoms with E-state index in [4.69, 9.17) is 9.47 Å². The lowest BCUT2D eigenvalue weighted by molar-refractivity contribution is -0.203. The maximum absolute atomic E-state index is 15.1. The number of hydrogen-bond acceptors (Lipinski definition) is 9. The van der Waals surface area contributed by atoms with Crippen molar-refractivity contribution < 1.29 is 33.9 Å². The quantitative estimate of drug-likeness (QED) is 0.138. The molecule has 2 saturated heterocycles. The first-order valence-electron chi connectivity index (χ1n) is 21.4. The summed E-state index contributed by atoms with van der Waals surface area (Å²) >= 11 is 0. The van der Waals surface area contributed by atoms with Crippen LogP contribution in [0, 0.1) is 16.6 Å². The molecule has 0 spiro atoms. The first kappa shape index (κ1) is 38.9. The topological polar surface area (TPSA) is 121 Å². The second-order valence-corrected chi connectivity index (χ2v) is 17.5. The number of para-hydroxylation sites is 2. The van der Waals surface area contributed by atoms with Crippen molar-refractivity contribution in [1.82, 2.24) is 19.3 Å². The molecular weight excluding hydrogens is 762 g/mol. The Balaban J connectivity index is 1.23. The third-order valence-electron chi connectivity index (χ3n) is 14.7. The highest BCUT2D eigenvalue weighted by atomic mass is 19.1. The molecule has 6 atom stereocenters. The molecule has 0 amide bonds. The largest absolute Gasteiger partial charge is 0.465 e. The molecule has 60 heavy (non-hydrogen) atoms. The summed E-state index contributed by atoms with van der Waals surface area (Å²) in [6.07, 6.45) is 8.66. The number of nitrogens with zero attached hydrogens (tertiary/aromatic N) is 4. The molecule has 5 aliphatic heterocycles. The molecule has 0 bridgehead atoms. The Morgan fingerprint density at radius 2 is 1.33 bits per heavy atom. The summed E-state index contributed by atoms with van der Waals surface area (Å²) in [6.45, 7) is 5.21. The SMILES string of the molecule is CC[C@]12C=C(C(=O)OC)c3c(C[C@H]4Nc5ccc(F)cc5C[C@@H]4c4c5n(c6ccccc46)[C@H]4N(O)CCC[C@@]4(CC)C=C5C(=O)OC)c4ccccc4n3[C@H]1N(O)CCC2. The summed E-state index contributed by atoms with van der Waals surface area (Å²) < 4.78 is 30.5. The zero-order chi connectivity index (χ0) is 41.7. The number of esters is 2. The smallest absolute Gasteiger partial charge is 0.339 e. The first-order valence-corrected chi connectivity index (χ1v) is 21.4. The van der Waals surface area contributed by atoms with Crippen molar-refractivity contribution >= 4 is 50.6 Å². The predicted molar refractivity (Wildman–Crippen MR) is 227 cm³/mol. The van der Waals surface area contributed by atoms with Gasteiger partial charge in [0.05, 0.1) is 47.8 Å². The molecule has 2 fully saturated rings. The Morgan fingerprint density at radius 1 is 0.783 bits per heavy atom. The number of ether oxygens (including phenoxy) is 2. The minimum Gasteiger partial charge on any atom is -0.465 e. The zero-order valence-corrected chi connectivity index (χ0v) is 34.6. The van der Waals surface area contributed by atoms with Crippen LogP contribution in [0.5, 0.6) is 0 Å². The number of piperidine rings is 2. The fourth-order valence-electron chi connectivity index (χ4n) is 12.0. The second kappa shape index (κ2) is 14.4. The fourth-order valence-corrected chi connectivity index (χ4v) is 12.0. The van der Waals surface area contributed by atoms with Crippen LogP contribution < -0.4 is 5.32 Å². The van der Waals surface area contributed by atoms with E-state index in [0.717, 1.165) is 69.9 Å². The highest BCUT2D eigenvalue weighted by Gasteiger charge is 2.52. The number of aromatic nitrogens is 2. The molecular formula is C48H52FN5O6. The van der Waals surface area contributed by atoms with E-state index in [9.17, 15) is 20.0 Å². The number of hydrogen-bond donors (Lipinski definition) is 3. The summed E-state index contributed by atoms with van der Waals surface area (Å²) in [5.74, 6) is -1.55. The van der Waals surface area contributed by atoms with Gasteiger partial charge in [-0.1, -0.05) is 62.4 Å². The number of rotatable bonds is 7. The summed E-state index contributed by atoms with van der Waals surface area (Å²) in [6, 6.07) is 20.8. The number of halogens is 1. The Morgan fingerprint density at radius 3 is 1.93 bits per heavy atom. The first-order chi connectivity index (χ1) is 29.1. The normalized spacial score (nSPS) is 27.4. The summed E-state index contributed by atoms with van der Waals surface area (Å²) in [5, 5.41) is 32.1. The molecule has 2 aromatic heterocycles. The van der Waals surface area contributed by atoms with Gasteiger partial charge >= 0.3 is 11.9 Å². The molecule has 0 radical (unpaired) electrons. The van der Waals surface area contributed by atoms with Crippen LogP contribution in [-0.2, 0) is 31.9 Å². The number of fused-ring (bicyclic) bond motifs is 11. The van der Waals surface area contributed by atoms with Crippen LogP contribution in [0.1, 0.15) is 98.7 Å². The number of hydroxylamine groups is 4. The van der Waals surface area contributed by atoms with Gasteiger partial charge in [-0.05, 0) is 98.4 Å². The van der Waals surface area contributed by atoms with Crippen LogP contribution >= 0.6 is 0 Å². The monoisotopic (exact) mass is 813 g/mol. The van der Waals surface area contributed by atoms with E-state index in [-0.39, 0.29) is 17.8 Å². The number of benzene rings is 3. The number of nitrogens with one attached hydrogen (secondary N) is 1. The third-order valence-corrected chi connectivity index (χ3v) is 14.7. The van der Waals surface area contributed by atoms with E-state index in [1.807, 2.05) is 24.3 Å². The van der Waals surface area contributed by atoms with E-state index >= 15 is 4.39 Å². The Hall–Kier alpha value is -5.27. The van der Waals surface area contributed by atoms with Crippen LogP contribution in [0.25, 0.3) is 33.0 Å². The van der Waals surface area contributed by atoms with E-state index in [1.165, 1.54) is 30.4 Å². The van der Waals surface area contributed by atoms with Crippen LogP contribution in [-0.4, -0.2) is 75.0 Å². The van der Waals surface area contributed by atoms with Crippen molar-refractivity contribution in [3.63, 3.8) is 0 Å². The minimum absolute atomic E-state index is 0.333. The lowest BCUT2D eigenvalue weighted by Gasteiger charge is -2.50. The summed E-state index contributed by atoms with van der Waals surface area (Å²) in [4.78, 5) is 28.2. The predicted octanol–water partition coefficient (Wildman–Crippen LogP) is 9.00. The third kappa shape index (κ3) is 5.53. The van der Waals surface area contributed by atoms with Crippen LogP contribution in [0.4, 0.5) is 10.1 Å². The van der Waals surface area contributed by atoms with E-state index in [0.29, 0.717) is 61.3 Å². The number of anilines is 1. The number of carbonyl (C=O) groups is 2. The van der Waals surface area contributed by atoms with E-state index in [1.54, 1.807) is 12.1 Å². The summed E-state index contributed by atoms with van der Waals surface area (Å²) in [7, 11) is 2.82. The van der Waals surface area contributed by atoms with Crippen LogP contribution in [0.2, 0.25) is 0 Å². The highest BCUT2D eigenvalue weighted by Crippen LogP contribution is 2.57. The maximum atomic E-state index is 15.1. The van der Waals surface area contributed by atoms with Gasteiger partial charge in [-0.3, -0.25) is 0 Å². The molecule has 0 saturated carbocycles. The van der Waals surface area contributed by atoms with Gasteiger partial charge in [0.15, 0.2) is 0 Å². The minimum atomic E-state index is -0.531. The fraction of sp³-hybridized carbons (Fsp3) is 0.417. The molecule has 0 unspecified atom stereocenters. The van der Waals surface area contributed by atoms with Gasteiger partial charge in [0, 0.05) is 52.3 Å². The average Bonchev–Trinajstić information content (AvgIpc) is 3.78. The molecule has 12 heteroatoms. The van der Waals surface area contributed by atoms with Gasteiger partial charge in [-0.2, -0.15) is 10.1 Å². The lowest BCUT2D eigenvalue weighted by Crippen LogP contribution is -2.49. The van der Waals surface area contributed by atoms with E-state index in [2.05, 4.69) is 64.7 Å². The summed E-state index contributed by atoms with van der Waals surface area (Å²) in [5.41, 5.74) is 6.59. The molecule has 0 aliphatic carbocycles. The Kier molecular flexibility index (Phi) is 9.36. The van der Waals surface area contributed by atoms with Gasteiger partial charge in [0.2, 0.25) is 0 Å². The Bertz CT molecular complexity index is 2650. The van der Waals surface area contributed by atoms with Gasteiger partial charge in [-0.25, -0.2) is 14.0 Å². The van der Waals surface area contributed by atoms with Crippen molar-refractivity contribution in [2.24, 2.45) is 10.8 Å². The molecule has 5 aromatic rings. The highest BCUT2D eigenvalue weighted by molar-refractivity contribution is 6.19. The molecule has 3 N–H and O–H groups in total. The maximum Gasteiger partial charge on any atom is 0.339 e. The molecule has 7 heterocycles. The molecule has 5 aliphatic rings. The van der Waals surface area contributed by atoms with Crippen molar-refractivity contribution in [3.05, 3.63) is 113 Å². The zero-order valence-electron chi connectivity index (χ0n) is 34.6. The molecule has 10 rings (SSSR count). The molecule has 11 nitrogen and oxygen atoms in total. The Labute approximate surface area is 348 Å². The molecule has 312 valence electrons. The van der Waals surface area contributed by atoms with Crippen LogP contribution in [0.15, 0.2) is 78.9 Å². The number of carbonyl (C=O) groups excluding carboxylic acids is 2. The van der Waals surface area contributed by atoms with Crippen molar-refractivity contribution in [1.29, 1.82) is 0 Å². The van der Waals surface area contributed by atoms with Crippen molar-refractivity contribution in [2.45, 2.75) is 89.5 Å². The van der Waals surface area contributed by atoms with Crippen LogP contribution in [0.3, 0.4) is 0 Å². The van der Waals surface area contributed by atoms with Gasteiger partial charge in [-0.15, -0.1) is 0 Å². The average molecular weight is 814 g/mol. The standard InChI is InChI=1S/C48H52FN5O6/c1-5-47-19-11-21-51(57)45(47)53-38-15-9-7-13-30(38)32(41(53)34(26-47)43(55)59-3)25-37-33(24-28-23-29(49)17-18-36(28)50-37)40-31-14-8-10-16-39(31)54-42(40)35(44(56)60-4)27-48(6-2)20-12-22-52(58)46(48)54/h7-10,13-18,23,26-27,33,37,45-46,50,57-58H,5-6,11-12,19-22,24-25H2,1-4H3/t33-,37+,45+,46+,47-,48-/m0/s1. The van der Waals surface area contributed by atoms with Gasteiger partial charge in [0.1, 0.15) is 18.1 Å². The van der Waals surface area contributed by atoms with Gasteiger partial charge < -0.3 is 34.3 Å². The lowest BCUT2D eigenvalue weighted by atomic mass is 9.70. The molecule has 3 aromatic carbocycles. The second-order valence-electron chi connectivity index (χ2n) is 17.5. The van der Waals surface area contributed by atoms with Crippen molar-refractivity contribution in [2.75, 3.05) is 32.6 Å². The van der Waals surface area contributed by atoms with Gasteiger partial charge in [0.25, 0.3) is 0 Å². The van der Waals surface area contributed by atoms with Crippen molar-refractivity contribution in [3.8, 4) is 0 Å². The number of methoxy groups -OCH3 is 2. The van der Waals surface area contributed by atoms with E-state index < -0.39 is 35.1 Å².